The number of ether oxygens (including phenoxy) is 3. The molecule has 0 saturated heterocycles. The molecule has 0 aliphatic rings. The molecule has 0 unspecified atom stereocenters. The lowest BCUT2D eigenvalue weighted by Crippen LogP contribution is -1.99. The van der Waals surface area contributed by atoms with E-state index in [-0.39, 0.29) is 0 Å². The number of methoxy groups -OCH3 is 2. The van der Waals surface area contributed by atoms with Crippen LogP contribution >= 0.6 is 11.6 Å². The van der Waals surface area contributed by atoms with Gasteiger partial charge in [0.05, 0.1) is 14.2 Å². The van der Waals surface area contributed by atoms with Crippen LogP contribution in [0, 0.1) is 0 Å². The summed E-state index contributed by atoms with van der Waals surface area (Å²) in [4.78, 5) is 0. The highest BCUT2D eigenvalue weighted by atomic mass is 35.5. The van der Waals surface area contributed by atoms with Crippen LogP contribution in [-0.4, -0.2) is 14.2 Å². The Bertz CT molecular complexity index is 579. The van der Waals surface area contributed by atoms with Gasteiger partial charge in [0, 0.05) is 35.3 Å². The number of rotatable bonds is 5. The molecule has 0 fully saturated rings. The zero-order valence-corrected chi connectivity index (χ0v) is 12.1. The summed E-state index contributed by atoms with van der Waals surface area (Å²) < 4.78 is 16.3. The maximum atomic E-state index is 5.99. The van der Waals surface area contributed by atoms with Gasteiger partial charge < -0.3 is 19.9 Å². The van der Waals surface area contributed by atoms with E-state index in [1.54, 1.807) is 44.6 Å². The third-order valence-electron chi connectivity index (χ3n) is 2.80. The van der Waals surface area contributed by atoms with E-state index in [1.807, 2.05) is 6.07 Å². The van der Waals surface area contributed by atoms with Crippen molar-refractivity contribution in [2.24, 2.45) is 5.73 Å². The van der Waals surface area contributed by atoms with Crippen molar-refractivity contribution in [3.63, 3.8) is 0 Å². The Morgan fingerprint density at radius 1 is 0.950 bits per heavy atom. The van der Waals surface area contributed by atoms with E-state index in [0.717, 1.165) is 5.56 Å². The third kappa shape index (κ3) is 3.35. The van der Waals surface area contributed by atoms with Gasteiger partial charge >= 0.3 is 0 Å². The molecule has 0 amide bonds. The summed E-state index contributed by atoms with van der Waals surface area (Å²) in [6, 6.07) is 10.7. The summed E-state index contributed by atoms with van der Waals surface area (Å²) in [7, 11) is 3.17. The molecule has 0 spiro atoms. The summed E-state index contributed by atoms with van der Waals surface area (Å²) in [6.45, 7) is 0.369. The molecule has 106 valence electrons. The van der Waals surface area contributed by atoms with Crippen LogP contribution in [0.5, 0.6) is 23.0 Å². The summed E-state index contributed by atoms with van der Waals surface area (Å²) in [5, 5.41) is 0.590. The maximum absolute atomic E-state index is 5.99. The minimum atomic E-state index is 0.369. The van der Waals surface area contributed by atoms with E-state index in [2.05, 4.69) is 0 Å². The van der Waals surface area contributed by atoms with E-state index in [4.69, 9.17) is 31.5 Å². The molecule has 2 N–H and O–H groups in total. The fourth-order valence-electron chi connectivity index (χ4n) is 1.76. The van der Waals surface area contributed by atoms with Gasteiger partial charge in [0.25, 0.3) is 0 Å². The molecule has 20 heavy (non-hydrogen) atoms. The van der Waals surface area contributed by atoms with E-state index in [1.165, 1.54) is 0 Å². The van der Waals surface area contributed by atoms with Crippen LogP contribution in [0.25, 0.3) is 0 Å². The summed E-state index contributed by atoms with van der Waals surface area (Å²) in [6.07, 6.45) is 0. The predicted molar refractivity (Wildman–Crippen MR) is 79.0 cm³/mol. The molecule has 0 radical (unpaired) electrons. The molecule has 4 nitrogen and oxygen atoms in total. The van der Waals surface area contributed by atoms with Crippen molar-refractivity contribution < 1.29 is 14.2 Å². The predicted octanol–water partition coefficient (Wildman–Crippen LogP) is 3.61. The number of hydrogen-bond donors (Lipinski definition) is 1. The Balaban J connectivity index is 2.36. The van der Waals surface area contributed by atoms with Crippen molar-refractivity contribution in [1.29, 1.82) is 0 Å². The molecular formula is C15H16ClNO3. The van der Waals surface area contributed by atoms with Crippen molar-refractivity contribution >= 4 is 11.6 Å². The van der Waals surface area contributed by atoms with Crippen LogP contribution in [0.1, 0.15) is 5.56 Å². The monoisotopic (exact) mass is 293 g/mol. The van der Waals surface area contributed by atoms with Crippen molar-refractivity contribution in [3.05, 3.63) is 47.0 Å². The Labute approximate surface area is 123 Å². The smallest absolute Gasteiger partial charge is 0.134 e. The van der Waals surface area contributed by atoms with Crippen LogP contribution in [-0.2, 0) is 6.54 Å². The van der Waals surface area contributed by atoms with E-state index in [9.17, 15) is 0 Å². The highest BCUT2D eigenvalue weighted by Gasteiger charge is 2.08. The molecule has 0 heterocycles. The molecule has 0 bridgehead atoms. The Morgan fingerprint density at radius 3 is 2.10 bits per heavy atom. The van der Waals surface area contributed by atoms with Crippen LogP contribution in [0.15, 0.2) is 36.4 Å². The quantitative estimate of drug-likeness (QED) is 0.915. The molecule has 2 rings (SSSR count). The van der Waals surface area contributed by atoms with E-state index >= 15 is 0 Å². The molecule has 2 aromatic rings. The highest BCUT2D eigenvalue weighted by molar-refractivity contribution is 6.30. The van der Waals surface area contributed by atoms with Gasteiger partial charge in [-0.05, 0) is 12.1 Å². The van der Waals surface area contributed by atoms with Gasteiger partial charge in [-0.1, -0.05) is 17.7 Å². The van der Waals surface area contributed by atoms with Gasteiger partial charge in [-0.15, -0.1) is 0 Å². The number of halogens is 1. The average molecular weight is 294 g/mol. The van der Waals surface area contributed by atoms with Crippen molar-refractivity contribution in [2.45, 2.75) is 6.54 Å². The molecule has 2 aromatic carbocycles. The summed E-state index contributed by atoms with van der Waals surface area (Å²) in [5.74, 6) is 2.51. The van der Waals surface area contributed by atoms with Gasteiger partial charge in [-0.2, -0.15) is 0 Å². The summed E-state index contributed by atoms with van der Waals surface area (Å²) >= 11 is 5.99. The average Bonchev–Trinajstić information content (AvgIpc) is 2.47. The third-order valence-corrected chi connectivity index (χ3v) is 3.04. The Hall–Kier alpha value is -1.91. The van der Waals surface area contributed by atoms with Gasteiger partial charge in [0.1, 0.15) is 23.0 Å². The first-order valence-corrected chi connectivity index (χ1v) is 6.43. The first-order valence-electron chi connectivity index (χ1n) is 6.05. The standard InChI is InChI=1S/C15H16ClNO3/c1-18-12-6-13(19-2)8-14(7-12)20-15-5-11(16)4-3-10(15)9-17/h3-8H,9,17H2,1-2H3. The lowest BCUT2D eigenvalue weighted by Gasteiger charge is -2.12. The Morgan fingerprint density at radius 2 is 1.55 bits per heavy atom. The van der Waals surface area contributed by atoms with Crippen LogP contribution < -0.4 is 19.9 Å². The molecule has 0 atom stereocenters. The normalized spacial score (nSPS) is 10.2. The zero-order valence-electron chi connectivity index (χ0n) is 11.4. The first kappa shape index (κ1) is 14.5. The maximum Gasteiger partial charge on any atom is 0.134 e. The van der Waals surface area contributed by atoms with Crippen molar-refractivity contribution in [3.8, 4) is 23.0 Å². The SMILES string of the molecule is COc1cc(OC)cc(Oc2cc(Cl)ccc2CN)c1. The second kappa shape index (κ2) is 6.50. The lowest BCUT2D eigenvalue weighted by molar-refractivity contribution is 0.386. The van der Waals surface area contributed by atoms with E-state index < -0.39 is 0 Å². The zero-order chi connectivity index (χ0) is 14.5. The molecule has 5 heteroatoms. The Kier molecular flexibility index (Phi) is 4.71. The fourth-order valence-corrected chi connectivity index (χ4v) is 1.92. The fraction of sp³-hybridized carbons (Fsp3) is 0.200. The van der Waals surface area contributed by atoms with Crippen LogP contribution in [0.3, 0.4) is 0 Å². The van der Waals surface area contributed by atoms with Gasteiger partial charge in [-0.25, -0.2) is 0 Å². The van der Waals surface area contributed by atoms with Gasteiger partial charge in [-0.3, -0.25) is 0 Å². The number of nitrogens with two attached hydrogens (primary N) is 1. The second-order valence-corrected chi connectivity index (χ2v) is 4.54. The van der Waals surface area contributed by atoms with Crippen LogP contribution in [0.2, 0.25) is 5.02 Å². The molecule has 0 aliphatic heterocycles. The highest BCUT2D eigenvalue weighted by Crippen LogP contribution is 2.33. The minimum Gasteiger partial charge on any atom is -0.496 e. The number of benzene rings is 2. The molecular weight excluding hydrogens is 278 g/mol. The lowest BCUT2D eigenvalue weighted by atomic mass is 10.2. The van der Waals surface area contributed by atoms with Gasteiger partial charge in [0.15, 0.2) is 0 Å². The minimum absolute atomic E-state index is 0.369. The molecule has 0 saturated carbocycles. The second-order valence-electron chi connectivity index (χ2n) is 4.11. The van der Waals surface area contributed by atoms with Gasteiger partial charge in [0.2, 0.25) is 0 Å². The van der Waals surface area contributed by atoms with E-state index in [0.29, 0.717) is 34.6 Å². The van der Waals surface area contributed by atoms with Crippen LogP contribution in [0.4, 0.5) is 0 Å². The first-order chi connectivity index (χ1) is 9.66. The molecule has 0 aromatic heterocycles. The van der Waals surface area contributed by atoms with Crippen molar-refractivity contribution in [1.82, 2.24) is 0 Å². The number of hydrogen-bond acceptors (Lipinski definition) is 4. The largest absolute Gasteiger partial charge is 0.496 e. The molecule has 0 aliphatic carbocycles. The topological polar surface area (TPSA) is 53.7 Å². The summed E-state index contributed by atoms with van der Waals surface area (Å²) in [5.41, 5.74) is 6.57. The van der Waals surface area contributed by atoms with Crippen molar-refractivity contribution in [2.75, 3.05) is 14.2 Å².